The molecule has 0 saturated carbocycles. The van der Waals surface area contributed by atoms with Crippen LogP contribution in [0, 0.1) is 6.92 Å². The van der Waals surface area contributed by atoms with Crippen molar-refractivity contribution in [3.05, 3.63) is 47.7 Å². The van der Waals surface area contributed by atoms with E-state index in [4.69, 9.17) is 5.73 Å². The Hall–Kier alpha value is -2.01. The van der Waals surface area contributed by atoms with Crippen molar-refractivity contribution in [2.45, 2.75) is 19.9 Å². The zero-order chi connectivity index (χ0) is 13.0. The van der Waals surface area contributed by atoms with Gasteiger partial charge in [0.05, 0.1) is 11.7 Å². The van der Waals surface area contributed by atoms with Gasteiger partial charge in [0.15, 0.2) is 0 Å². The van der Waals surface area contributed by atoms with Crippen molar-refractivity contribution in [3.8, 4) is 0 Å². The summed E-state index contributed by atoms with van der Waals surface area (Å²) in [5, 5.41) is 3.37. The van der Waals surface area contributed by atoms with Crippen molar-refractivity contribution < 1.29 is 0 Å². The Labute approximate surface area is 106 Å². The van der Waals surface area contributed by atoms with E-state index >= 15 is 0 Å². The minimum Gasteiger partial charge on any atom is -0.383 e. The lowest BCUT2D eigenvalue weighted by atomic mass is 10.0. The molecule has 0 aliphatic carbocycles. The maximum atomic E-state index is 5.96. The van der Waals surface area contributed by atoms with Gasteiger partial charge in [-0.25, -0.2) is 15.0 Å². The summed E-state index contributed by atoms with van der Waals surface area (Å²) in [4.78, 5) is 12.4. The molecule has 0 radical (unpaired) electrons. The van der Waals surface area contributed by atoms with E-state index in [9.17, 15) is 0 Å². The van der Waals surface area contributed by atoms with Gasteiger partial charge in [0.2, 0.25) is 0 Å². The van der Waals surface area contributed by atoms with E-state index in [2.05, 4.69) is 20.3 Å². The van der Waals surface area contributed by atoms with Gasteiger partial charge in [-0.1, -0.05) is 6.92 Å². The molecule has 2 rings (SSSR count). The van der Waals surface area contributed by atoms with Gasteiger partial charge >= 0.3 is 0 Å². The summed E-state index contributed by atoms with van der Waals surface area (Å²) in [6, 6.07) is 3.87. The zero-order valence-corrected chi connectivity index (χ0v) is 10.6. The number of nitrogen functional groups attached to an aromatic ring is 1. The quantitative estimate of drug-likeness (QED) is 0.850. The topological polar surface area (TPSA) is 76.7 Å². The molecule has 0 spiro atoms. The van der Waals surface area contributed by atoms with Gasteiger partial charge in [0, 0.05) is 18.0 Å². The maximum absolute atomic E-state index is 5.96. The van der Waals surface area contributed by atoms with Crippen LogP contribution in [0.5, 0.6) is 0 Å². The molecule has 2 heterocycles. The lowest BCUT2D eigenvalue weighted by molar-refractivity contribution is 0.613. The van der Waals surface area contributed by atoms with Crippen LogP contribution in [0.2, 0.25) is 0 Å². The molecule has 3 N–H and O–H groups in total. The number of aryl methyl sites for hydroxylation is 1. The third-order valence-electron chi connectivity index (χ3n) is 2.71. The SMILES string of the molecule is CCNC(c1ccncn1)c1cc(C)cnc1N. The predicted octanol–water partition coefficient (Wildman–Crippen LogP) is 1.46. The minimum absolute atomic E-state index is 0.0506. The Balaban J connectivity index is 2.44. The second-order valence-corrected chi connectivity index (χ2v) is 4.11. The molecule has 1 unspecified atom stereocenters. The van der Waals surface area contributed by atoms with E-state index in [-0.39, 0.29) is 6.04 Å². The summed E-state index contributed by atoms with van der Waals surface area (Å²) in [7, 11) is 0. The summed E-state index contributed by atoms with van der Waals surface area (Å²) in [5.41, 5.74) is 8.89. The first-order valence-electron chi connectivity index (χ1n) is 5.93. The highest BCUT2D eigenvalue weighted by molar-refractivity contribution is 5.45. The normalized spacial score (nSPS) is 12.3. The molecule has 5 nitrogen and oxygen atoms in total. The molecular weight excluding hydrogens is 226 g/mol. The Morgan fingerprint density at radius 1 is 1.39 bits per heavy atom. The Morgan fingerprint density at radius 2 is 2.22 bits per heavy atom. The molecular formula is C13H17N5. The predicted molar refractivity (Wildman–Crippen MR) is 70.9 cm³/mol. The standard InChI is InChI=1S/C13H17N5/c1-3-16-12(11-4-5-15-8-18-11)10-6-9(2)7-17-13(10)14/h4-8,12,16H,3H2,1-2H3,(H2,14,17). The van der Waals surface area contributed by atoms with Gasteiger partial charge in [-0.05, 0) is 31.2 Å². The first-order valence-corrected chi connectivity index (χ1v) is 5.93. The highest BCUT2D eigenvalue weighted by atomic mass is 15.0. The molecule has 94 valence electrons. The van der Waals surface area contributed by atoms with Gasteiger partial charge in [-0.2, -0.15) is 0 Å². The zero-order valence-electron chi connectivity index (χ0n) is 10.6. The molecule has 0 aliphatic rings. The maximum Gasteiger partial charge on any atom is 0.128 e. The summed E-state index contributed by atoms with van der Waals surface area (Å²) in [6.07, 6.45) is 5.03. The number of anilines is 1. The summed E-state index contributed by atoms with van der Waals surface area (Å²) in [5.74, 6) is 0.533. The fourth-order valence-electron chi connectivity index (χ4n) is 1.88. The van der Waals surface area contributed by atoms with E-state index in [1.807, 2.05) is 26.0 Å². The van der Waals surface area contributed by atoms with Crippen LogP contribution in [0.4, 0.5) is 5.82 Å². The summed E-state index contributed by atoms with van der Waals surface area (Å²) in [6.45, 7) is 4.87. The lowest BCUT2D eigenvalue weighted by Crippen LogP contribution is -2.24. The van der Waals surface area contributed by atoms with E-state index in [0.29, 0.717) is 5.82 Å². The number of hydrogen-bond donors (Lipinski definition) is 2. The Kier molecular flexibility index (Phi) is 3.84. The number of hydrogen-bond acceptors (Lipinski definition) is 5. The fraction of sp³-hybridized carbons (Fsp3) is 0.308. The average Bonchev–Trinajstić information content (AvgIpc) is 2.40. The third kappa shape index (κ3) is 2.62. The average molecular weight is 243 g/mol. The number of rotatable bonds is 4. The van der Waals surface area contributed by atoms with Crippen molar-refractivity contribution in [2.75, 3.05) is 12.3 Å². The number of nitrogens with zero attached hydrogens (tertiary/aromatic N) is 3. The van der Waals surface area contributed by atoms with Gasteiger partial charge in [0.25, 0.3) is 0 Å². The number of nitrogens with one attached hydrogen (secondary N) is 1. The number of aromatic nitrogens is 3. The van der Waals surface area contributed by atoms with Gasteiger partial charge in [-0.3, -0.25) is 0 Å². The van der Waals surface area contributed by atoms with E-state index in [1.54, 1.807) is 18.7 Å². The van der Waals surface area contributed by atoms with Crippen LogP contribution in [0.1, 0.15) is 29.8 Å². The lowest BCUT2D eigenvalue weighted by Gasteiger charge is -2.19. The first-order chi connectivity index (χ1) is 8.72. The van der Waals surface area contributed by atoms with Gasteiger partial charge < -0.3 is 11.1 Å². The number of pyridine rings is 1. The van der Waals surface area contributed by atoms with Gasteiger partial charge in [-0.15, -0.1) is 0 Å². The highest BCUT2D eigenvalue weighted by Crippen LogP contribution is 2.24. The third-order valence-corrected chi connectivity index (χ3v) is 2.71. The fourth-order valence-corrected chi connectivity index (χ4v) is 1.88. The van der Waals surface area contributed by atoms with Crippen LogP contribution >= 0.6 is 0 Å². The molecule has 5 heteroatoms. The molecule has 0 bridgehead atoms. The second kappa shape index (κ2) is 5.55. The largest absolute Gasteiger partial charge is 0.383 e. The Bertz CT molecular complexity index is 512. The van der Waals surface area contributed by atoms with Crippen LogP contribution in [-0.4, -0.2) is 21.5 Å². The molecule has 2 aromatic heterocycles. The monoisotopic (exact) mass is 243 g/mol. The summed E-state index contributed by atoms with van der Waals surface area (Å²) >= 11 is 0. The molecule has 0 aromatic carbocycles. The van der Waals surface area contributed by atoms with Crippen molar-refractivity contribution in [1.29, 1.82) is 0 Å². The van der Waals surface area contributed by atoms with Crippen LogP contribution in [0.15, 0.2) is 30.9 Å². The molecule has 0 amide bonds. The second-order valence-electron chi connectivity index (χ2n) is 4.11. The van der Waals surface area contributed by atoms with Crippen LogP contribution in [-0.2, 0) is 0 Å². The minimum atomic E-state index is -0.0506. The van der Waals surface area contributed by atoms with Crippen LogP contribution in [0.25, 0.3) is 0 Å². The van der Waals surface area contributed by atoms with Crippen molar-refractivity contribution in [3.63, 3.8) is 0 Å². The molecule has 18 heavy (non-hydrogen) atoms. The van der Waals surface area contributed by atoms with E-state index in [0.717, 1.165) is 23.4 Å². The van der Waals surface area contributed by atoms with E-state index in [1.165, 1.54) is 0 Å². The molecule has 1 atom stereocenters. The highest BCUT2D eigenvalue weighted by Gasteiger charge is 2.17. The van der Waals surface area contributed by atoms with E-state index < -0.39 is 0 Å². The summed E-state index contributed by atoms with van der Waals surface area (Å²) < 4.78 is 0. The van der Waals surface area contributed by atoms with Crippen molar-refractivity contribution >= 4 is 5.82 Å². The van der Waals surface area contributed by atoms with Gasteiger partial charge in [0.1, 0.15) is 12.1 Å². The van der Waals surface area contributed by atoms with Crippen molar-refractivity contribution in [1.82, 2.24) is 20.3 Å². The van der Waals surface area contributed by atoms with Crippen molar-refractivity contribution in [2.24, 2.45) is 0 Å². The molecule has 0 fully saturated rings. The molecule has 0 saturated heterocycles. The first kappa shape index (κ1) is 12.4. The Morgan fingerprint density at radius 3 is 2.89 bits per heavy atom. The smallest absolute Gasteiger partial charge is 0.128 e. The van der Waals surface area contributed by atoms with Crippen LogP contribution in [0.3, 0.4) is 0 Å². The molecule has 2 aromatic rings. The number of nitrogens with two attached hydrogens (primary N) is 1. The van der Waals surface area contributed by atoms with Crippen LogP contribution < -0.4 is 11.1 Å². The molecule has 0 aliphatic heterocycles.